The third-order valence-corrected chi connectivity index (χ3v) is 3.91. The van der Waals surface area contributed by atoms with Gasteiger partial charge in [0.1, 0.15) is 12.4 Å². The van der Waals surface area contributed by atoms with Gasteiger partial charge < -0.3 is 20.1 Å². The van der Waals surface area contributed by atoms with Crippen molar-refractivity contribution in [1.29, 1.82) is 0 Å². The lowest BCUT2D eigenvalue weighted by Gasteiger charge is -2.10. The molecule has 0 saturated carbocycles. The molecule has 1 aromatic heterocycles. The molecule has 0 unspecified atom stereocenters. The van der Waals surface area contributed by atoms with Gasteiger partial charge in [-0.25, -0.2) is 14.9 Å². The number of nitrogens with one attached hydrogen (secondary N) is 3. The quantitative estimate of drug-likeness (QED) is 0.227. The monoisotopic (exact) mass is 407 g/mol. The maximum absolute atomic E-state index is 13.9. The molecule has 0 spiro atoms. The summed E-state index contributed by atoms with van der Waals surface area (Å²) in [7, 11) is 1.61. The molecule has 0 aliphatic carbocycles. The molecule has 4 N–H and O–H groups in total. The van der Waals surface area contributed by atoms with Crippen molar-refractivity contribution in [3.05, 3.63) is 36.3 Å². The SMILES string of the molecule is COCCOc1ccc(Nc2ncc(F)c(NCCCCCC(=O)NO)n2)cc1. The molecule has 0 radical (unpaired) electrons. The molecule has 0 aliphatic rings. The van der Waals surface area contributed by atoms with Crippen LogP contribution in [0.15, 0.2) is 30.5 Å². The molecule has 10 heteroatoms. The maximum atomic E-state index is 13.9. The Labute approximate surface area is 168 Å². The van der Waals surface area contributed by atoms with Gasteiger partial charge in [0, 0.05) is 25.8 Å². The van der Waals surface area contributed by atoms with E-state index in [1.807, 2.05) is 12.1 Å². The molecule has 9 nitrogen and oxygen atoms in total. The number of carbonyl (C=O) groups is 1. The van der Waals surface area contributed by atoms with Crippen LogP contribution in [0, 0.1) is 5.82 Å². The summed E-state index contributed by atoms with van der Waals surface area (Å²) in [6, 6.07) is 7.23. The Bertz CT molecular complexity index is 761. The van der Waals surface area contributed by atoms with Crippen LogP contribution < -0.4 is 20.9 Å². The second kappa shape index (κ2) is 12.5. The van der Waals surface area contributed by atoms with Crippen LogP contribution in [0.25, 0.3) is 0 Å². The first-order valence-electron chi connectivity index (χ1n) is 9.30. The number of hydrogen-bond donors (Lipinski definition) is 4. The molecule has 0 bridgehead atoms. The molecule has 0 saturated heterocycles. The van der Waals surface area contributed by atoms with Crippen molar-refractivity contribution in [2.75, 3.05) is 37.5 Å². The van der Waals surface area contributed by atoms with E-state index in [-0.39, 0.29) is 18.2 Å². The predicted molar refractivity (Wildman–Crippen MR) is 106 cm³/mol. The van der Waals surface area contributed by atoms with Gasteiger partial charge in [0.25, 0.3) is 0 Å². The zero-order chi connectivity index (χ0) is 20.9. The number of anilines is 3. The van der Waals surface area contributed by atoms with Crippen LogP contribution in [-0.4, -0.2) is 48.0 Å². The van der Waals surface area contributed by atoms with E-state index >= 15 is 0 Å². The van der Waals surface area contributed by atoms with Crippen molar-refractivity contribution in [3.8, 4) is 5.75 Å². The van der Waals surface area contributed by atoms with Gasteiger partial charge in [-0.15, -0.1) is 0 Å². The Morgan fingerprint density at radius 1 is 1.17 bits per heavy atom. The van der Waals surface area contributed by atoms with E-state index in [4.69, 9.17) is 14.7 Å². The summed E-state index contributed by atoms with van der Waals surface area (Å²) in [6.45, 7) is 1.48. The van der Waals surface area contributed by atoms with E-state index in [9.17, 15) is 9.18 Å². The van der Waals surface area contributed by atoms with Crippen molar-refractivity contribution in [2.24, 2.45) is 0 Å². The van der Waals surface area contributed by atoms with Crippen LogP contribution in [0.4, 0.5) is 21.8 Å². The number of carbonyl (C=O) groups excluding carboxylic acids is 1. The molecule has 2 rings (SSSR count). The third kappa shape index (κ3) is 8.28. The van der Waals surface area contributed by atoms with E-state index in [0.29, 0.717) is 31.9 Å². The van der Waals surface area contributed by atoms with Gasteiger partial charge in [-0.1, -0.05) is 6.42 Å². The molecular weight excluding hydrogens is 381 g/mol. The van der Waals surface area contributed by atoms with Crippen LogP contribution in [0.2, 0.25) is 0 Å². The number of hydrogen-bond acceptors (Lipinski definition) is 8. The van der Waals surface area contributed by atoms with Gasteiger partial charge in [0.05, 0.1) is 12.8 Å². The van der Waals surface area contributed by atoms with E-state index in [1.54, 1.807) is 24.7 Å². The maximum Gasteiger partial charge on any atom is 0.243 e. The highest BCUT2D eigenvalue weighted by atomic mass is 19.1. The number of amides is 1. The van der Waals surface area contributed by atoms with Crippen molar-refractivity contribution in [3.63, 3.8) is 0 Å². The molecule has 1 aromatic carbocycles. The molecule has 0 aliphatic heterocycles. The highest BCUT2D eigenvalue weighted by Crippen LogP contribution is 2.20. The minimum Gasteiger partial charge on any atom is -0.491 e. The van der Waals surface area contributed by atoms with Gasteiger partial charge in [-0.3, -0.25) is 10.0 Å². The second-order valence-corrected chi connectivity index (χ2v) is 6.15. The number of benzene rings is 1. The van der Waals surface area contributed by atoms with Gasteiger partial charge in [0.15, 0.2) is 11.6 Å². The van der Waals surface area contributed by atoms with Crippen molar-refractivity contribution >= 4 is 23.4 Å². The first kappa shape index (κ1) is 22.3. The molecule has 29 heavy (non-hydrogen) atoms. The summed E-state index contributed by atoms with van der Waals surface area (Å²) in [5.41, 5.74) is 2.33. The lowest BCUT2D eigenvalue weighted by molar-refractivity contribution is -0.129. The average Bonchev–Trinajstić information content (AvgIpc) is 2.74. The lowest BCUT2D eigenvalue weighted by Crippen LogP contribution is -2.17. The number of rotatable bonds is 13. The van der Waals surface area contributed by atoms with Crippen molar-refractivity contribution < 1.29 is 23.9 Å². The Balaban J connectivity index is 1.81. The van der Waals surface area contributed by atoms with Gasteiger partial charge >= 0.3 is 0 Å². The van der Waals surface area contributed by atoms with Crippen LogP contribution in [0.1, 0.15) is 25.7 Å². The second-order valence-electron chi connectivity index (χ2n) is 6.15. The fraction of sp³-hybridized carbons (Fsp3) is 0.421. The third-order valence-electron chi connectivity index (χ3n) is 3.91. The topological polar surface area (TPSA) is 118 Å². The molecule has 1 heterocycles. The van der Waals surface area contributed by atoms with Crippen LogP contribution in [0.3, 0.4) is 0 Å². The van der Waals surface area contributed by atoms with Crippen LogP contribution >= 0.6 is 0 Å². The molecule has 0 fully saturated rings. The summed E-state index contributed by atoms with van der Waals surface area (Å²) in [5, 5.41) is 14.4. The molecule has 158 valence electrons. The van der Waals surface area contributed by atoms with Gasteiger partial charge in [-0.2, -0.15) is 4.98 Å². The number of methoxy groups -OCH3 is 1. The Morgan fingerprint density at radius 3 is 2.69 bits per heavy atom. The van der Waals surface area contributed by atoms with E-state index in [2.05, 4.69) is 20.6 Å². The number of aromatic nitrogens is 2. The summed E-state index contributed by atoms with van der Waals surface area (Å²) in [6.07, 6.45) is 3.49. The number of ether oxygens (including phenoxy) is 2. The van der Waals surface area contributed by atoms with Crippen LogP contribution in [0.5, 0.6) is 5.75 Å². The van der Waals surface area contributed by atoms with Crippen molar-refractivity contribution in [1.82, 2.24) is 15.4 Å². The minimum atomic E-state index is -0.544. The summed E-state index contributed by atoms with van der Waals surface area (Å²) in [5.74, 6) is 0.130. The van der Waals surface area contributed by atoms with Gasteiger partial charge in [0.2, 0.25) is 11.9 Å². The zero-order valence-corrected chi connectivity index (χ0v) is 16.3. The van der Waals surface area contributed by atoms with E-state index in [1.165, 1.54) is 0 Å². The zero-order valence-electron chi connectivity index (χ0n) is 16.3. The number of hydroxylamine groups is 1. The Hall–Kier alpha value is -2.98. The largest absolute Gasteiger partial charge is 0.491 e. The standard InChI is InChI=1S/C19H26FN5O4/c1-28-11-12-29-15-8-6-14(7-9-15)23-19-22-13-16(20)18(24-19)21-10-4-2-3-5-17(26)25-27/h6-9,13,27H,2-5,10-12H2,1H3,(H,25,26)(H2,21,22,23,24). The summed E-state index contributed by atoms with van der Waals surface area (Å²) >= 11 is 0. The molecule has 0 atom stereocenters. The lowest BCUT2D eigenvalue weighted by atomic mass is 10.2. The highest BCUT2D eigenvalue weighted by molar-refractivity contribution is 5.74. The number of unbranched alkanes of at least 4 members (excludes halogenated alkanes) is 2. The number of halogens is 1. The van der Waals surface area contributed by atoms with Crippen LogP contribution in [-0.2, 0) is 9.53 Å². The summed E-state index contributed by atoms with van der Waals surface area (Å²) < 4.78 is 24.3. The number of nitrogens with zero attached hydrogens (tertiary/aromatic N) is 2. The van der Waals surface area contributed by atoms with Crippen molar-refractivity contribution in [2.45, 2.75) is 25.7 Å². The predicted octanol–water partition coefficient (Wildman–Crippen LogP) is 2.86. The average molecular weight is 407 g/mol. The first-order chi connectivity index (χ1) is 14.1. The summed E-state index contributed by atoms with van der Waals surface area (Å²) in [4.78, 5) is 19.0. The van der Waals surface area contributed by atoms with Gasteiger partial charge in [-0.05, 0) is 37.1 Å². The Kier molecular flexibility index (Phi) is 9.60. The fourth-order valence-electron chi connectivity index (χ4n) is 2.41. The first-order valence-corrected chi connectivity index (χ1v) is 9.30. The molecule has 1 amide bonds. The normalized spacial score (nSPS) is 10.4. The van der Waals surface area contributed by atoms with E-state index < -0.39 is 11.7 Å². The highest BCUT2D eigenvalue weighted by Gasteiger charge is 2.07. The smallest absolute Gasteiger partial charge is 0.243 e. The van der Waals surface area contributed by atoms with E-state index in [0.717, 1.165) is 24.7 Å². The Morgan fingerprint density at radius 2 is 1.97 bits per heavy atom. The molecule has 2 aromatic rings. The fourth-order valence-corrected chi connectivity index (χ4v) is 2.41. The minimum absolute atomic E-state index is 0.107. The molecular formula is C19H26FN5O4.